The average Bonchev–Trinajstić information content (AvgIpc) is 2.65. The van der Waals surface area contributed by atoms with Gasteiger partial charge >= 0.3 is 5.97 Å². The number of methoxy groups -OCH3 is 1. The SMILES string of the molecule is COc1ccc(C(C)NC[C@@H](O)CP(=O)(O)Cc2ccccc2)cc1C(=O)O. The number of aliphatic hydroxyl groups is 1. The third-order valence-electron chi connectivity index (χ3n) is 4.38. The van der Waals surface area contributed by atoms with Crippen molar-refractivity contribution in [1.82, 2.24) is 5.32 Å². The van der Waals surface area contributed by atoms with Crippen molar-refractivity contribution in [3.8, 4) is 5.75 Å². The summed E-state index contributed by atoms with van der Waals surface area (Å²) in [5.74, 6) is -0.821. The van der Waals surface area contributed by atoms with Crippen LogP contribution in [0.4, 0.5) is 0 Å². The molecule has 152 valence electrons. The van der Waals surface area contributed by atoms with E-state index in [0.717, 1.165) is 5.56 Å². The molecule has 2 aromatic rings. The van der Waals surface area contributed by atoms with Crippen molar-refractivity contribution in [3.63, 3.8) is 0 Å². The van der Waals surface area contributed by atoms with E-state index in [0.29, 0.717) is 5.56 Å². The van der Waals surface area contributed by atoms with Crippen molar-refractivity contribution in [2.24, 2.45) is 0 Å². The smallest absolute Gasteiger partial charge is 0.339 e. The second-order valence-corrected chi connectivity index (χ2v) is 9.10. The second-order valence-electron chi connectivity index (χ2n) is 6.72. The monoisotopic (exact) mass is 407 g/mol. The Kier molecular flexibility index (Phi) is 7.78. The van der Waals surface area contributed by atoms with E-state index in [2.05, 4.69) is 5.32 Å². The van der Waals surface area contributed by atoms with Gasteiger partial charge in [0.05, 0.1) is 19.4 Å². The summed E-state index contributed by atoms with van der Waals surface area (Å²) in [4.78, 5) is 21.5. The molecule has 4 N–H and O–H groups in total. The molecule has 0 aromatic heterocycles. The summed E-state index contributed by atoms with van der Waals surface area (Å²) in [6.45, 7) is 1.93. The molecule has 0 aliphatic heterocycles. The van der Waals surface area contributed by atoms with E-state index in [9.17, 15) is 24.5 Å². The first-order valence-corrected chi connectivity index (χ1v) is 10.9. The van der Waals surface area contributed by atoms with E-state index in [1.54, 1.807) is 36.4 Å². The zero-order valence-electron chi connectivity index (χ0n) is 15.9. The molecule has 2 rings (SSSR count). The van der Waals surface area contributed by atoms with E-state index in [4.69, 9.17) is 4.74 Å². The van der Waals surface area contributed by atoms with Gasteiger partial charge in [-0.05, 0) is 30.2 Å². The molecule has 7 nitrogen and oxygen atoms in total. The standard InChI is InChI=1S/C20H26NO6P/c1-14(16-8-9-19(27-2)18(10-16)20(23)24)21-11-17(22)13-28(25,26)12-15-6-4-3-5-7-15/h3-10,14,17,21-22H,11-13H2,1-2H3,(H,23,24)(H,25,26)/t14?,17-/m1/s1. The summed E-state index contributed by atoms with van der Waals surface area (Å²) in [5, 5.41) is 22.5. The molecule has 3 atom stereocenters. The molecule has 0 amide bonds. The Labute approximate surface area is 164 Å². The van der Waals surface area contributed by atoms with E-state index in [-0.39, 0.29) is 36.2 Å². The zero-order chi connectivity index (χ0) is 20.7. The van der Waals surface area contributed by atoms with Gasteiger partial charge in [0.15, 0.2) is 0 Å². The molecule has 0 fully saturated rings. The van der Waals surface area contributed by atoms with Gasteiger partial charge in [-0.15, -0.1) is 0 Å². The van der Waals surface area contributed by atoms with Crippen LogP contribution >= 0.6 is 7.37 Å². The Balaban J connectivity index is 1.93. The fourth-order valence-corrected chi connectivity index (χ4v) is 4.62. The molecule has 0 spiro atoms. The van der Waals surface area contributed by atoms with Crippen LogP contribution in [0.5, 0.6) is 5.75 Å². The molecule has 8 heteroatoms. The first kappa shape index (κ1) is 22.1. The van der Waals surface area contributed by atoms with Crippen LogP contribution in [0, 0.1) is 0 Å². The minimum Gasteiger partial charge on any atom is -0.496 e. The van der Waals surface area contributed by atoms with Gasteiger partial charge in [0.2, 0.25) is 7.37 Å². The van der Waals surface area contributed by atoms with E-state index in [1.165, 1.54) is 13.2 Å². The number of carbonyl (C=O) groups is 1. The molecule has 28 heavy (non-hydrogen) atoms. The van der Waals surface area contributed by atoms with Gasteiger partial charge in [-0.1, -0.05) is 36.4 Å². The van der Waals surface area contributed by atoms with Gasteiger partial charge in [0, 0.05) is 18.7 Å². The lowest BCUT2D eigenvalue weighted by Crippen LogP contribution is -2.31. The first-order valence-electron chi connectivity index (χ1n) is 8.89. The van der Waals surface area contributed by atoms with Gasteiger partial charge in [-0.3, -0.25) is 4.57 Å². The largest absolute Gasteiger partial charge is 0.496 e. The van der Waals surface area contributed by atoms with Crippen molar-refractivity contribution in [3.05, 3.63) is 65.2 Å². The van der Waals surface area contributed by atoms with Crippen LogP contribution in [0.1, 0.15) is 34.5 Å². The van der Waals surface area contributed by atoms with Gasteiger partial charge < -0.3 is 25.2 Å². The van der Waals surface area contributed by atoms with Crippen molar-refractivity contribution < 1.29 is 29.2 Å². The minimum absolute atomic E-state index is 0.0148. The molecule has 0 saturated carbocycles. The lowest BCUT2D eigenvalue weighted by Gasteiger charge is -2.20. The normalized spacial score (nSPS) is 15.4. The predicted octanol–water partition coefficient (Wildman–Crippen LogP) is 2.88. The maximum atomic E-state index is 12.4. The highest BCUT2D eigenvalue weighted by Gasteiger charge is 2.24. The van der Waals surface area contributed by atoms with Crippen LogP contribution in [0.3, 0.4) is 0 Å². The van der Waals surface area contributed by atoms with Crippen LogP contribution in [0.2, 0.25) is 0 Å². The fraction of sp³-hybridized carbons (Fsp3) is 0.350. The number of carboxylic acid groups (broad SMARTS) is 1. The number of carboxylic acids is 1. The van der Waals surface area contributed by atoms with Gasteiger partial charge in [-0.2, -0.15) is 0 Å². The number of rotatable bonds is 10. The zero-order valence-corrected chi connectivity index (χ0v) is 16.8. The van der Waals surface area contributed by atoms with E-state index in [1.807, 2.05) is 13.0 Å². The molecule has 2 unspecified atom stereocenters. The number of benzene rings is 2. The fourth-order valence-electron chi connectivity index (χ4n) is 2.92. The Hall–Kier alpha value is -2.18. The minimum atomic E-state index is -3.52. The number of ether oxygens (including phenoxy) is 1. The van der Waals surface area contributed by atoms with Gasteiger partial charge in [-0.25, -0.2) is 4.79 Å². The molecule has 0 aliphatic rings. The lowest BCUT2D eigenvalue weighted by atomic mass is 10.0. The topological polar surface area (TPSA) is 116 Å². The Morgan fingerprint density at radius 1 is 1.21 bits per heavy atom. The molecule has 0 radical (unpaired) electrons. The molecule has 0 saturated heterocycles. The predicted molar refractivity (Wildman–Crippen MR) is 107 cm³/mol. The third-order valence-corrected chi connectivity index (χ3v) is 6.23. The van der Waals surface area contributed by atoms with Crippen molar-refractivity contribution >= 4 is 13.3 Å². The highest BCUT2D eigenvalue weighted by atomic mass is 31.2. The van der Waals surface area contributed by atoms with Crippen molar-refractivity contribution in [2.75, 3.05) is 19.8 Å². The highest BCUT2D eigenvalue weighted by Crippen LogP contribution is 2.44. The number of nitrogens with one attached hydrogen (secondary N) is 1. The maximum Gasteiger partial charge on any atom is 0.339 e. The summed E-state index contributed by atoms with van der Waals surface area (Å²) >= 11 is 0. The van der Waals surface area contributed by atoms with Gasteiger partial charge in [0.1, 0.15) is 11.3 Å². The van der Waals surface area contributed by atoms with Crippen LogP contribution in [0.15, 0.2) is 48.5 Å². The summed E-state index contributed by atoms with van der Waals surface area (Å²) in [7, 11) is -2.11. The summed E-state index contributed by atoms with van der Waals surface area (Å²) < 4.78 is 17.4. The molecule has 2 aromatic carbocycles. The summed E-state index contributed by atoms with van der Waals surface area (Å²) in [5.41, 5.74) is 1.51. The quantitative estimate of drug-likeness (QED) is 0.448. The number of aliphatic hydroxyl groups excluding tert-OH is 1. The Morgan fingerprint density at radius 2 is 1.89 bits per heavy atom. The highest BCUT2D eigenvalue weighted by molar-refractivity contribution is 7.57. The number of hydrogen-bond acceptors (Lipinski definition) is 5. The Morgan fingerprint density at radius 3 is 2.50 bits per heavy atom. The molecule has 0 bridgehead atoms. The summed E-state index contributed by atoms with van der Waals surface area (Å²) in [6.07, 6.45) is -1.20. The lowest BCUT2D eigenvalue weighted by molar-refractivity contribution is 0.0693. The van der Waals surface area contributed by atoms with Crippen LogP contribution in [-0.2, 0) is 10.7 Å². The molecular formula is C20H26NO6P. The third kappa shape index (κ3) is 6.46. The molecule has 0 aliphatic carbocycles. The molecule has 0 heterocycles. The Bertz CT molecular complexity index is 842. The number of hydrogen-bond donors (Lipinski definition) is 4. The van der Waals surface area contributed by atoms with Crippen LogP contribution in [-0.4, -0.2) is 47.0 Å². The maximum absolute atomic E-state index is 12.4. The van der Waals surface area contributed by atoms with Crippen LogP contribution in [0.25, 0.3) is 0 Å². The van der Waals surface area contributed by atoms with Crippen molar-refractivity contribution in [2.45, 2.75) is 25.2 Å². The van der Waals surface area contributed by atoms with Crippen molar-refractivity contribution in [1.29, 1.82) is 0 Å². The van der Waals surface area contributed by atoms with Crippen LogP contribution < -0.4 is 10.1 Å². The molecular weight excluding hydrogens is 381 g/mol. The van der Waals surface area contributed by atoms with Gasteiger partial charge in [0.25, 0.3) is 0 Å². The second kappa shape index (κ2) is 9.85. The first-order chi connectivity index (χ1) is 13.2. The van der Waals surface area contributed by atoms with E-state index < -0.39 is 19.4 Å². The average molecular weight is 407 g/mol. The summed E-state index contributed by atoms with van der Waals surface area (Å²) in [6, 6.07) is 13.6. The number of aromatic carboxylic acids is 1. The van der Waals surface area contributed by atoms with E-state index >= 15 is 0 Å².